The molecule has 344 valence electrons. The molecule has 0 aliphatic carbocycles. The standard InChI is InChI=1S/C51H105NO5/c1-5-9-13-17-19-27-36-50(34-25-15-11-7-3)48-56-42-31-23-21-29-38-52(40-33-44-54-46-47-55-45-41-53)39-30-22-24-32-43-57-49-51(35-26-16-12-8-4)37-28-20-18-14-10-6-2/h50-51,53H,5-49H2,1-4H3. The van der Waals surface area contributed by atoms with Crippen molar-refractivity contribution in [3.63, 3.8) is 0 Å². The fraction of sp³-hybridized carbons (Fsp3) is 1.00. The zero-order valence-electron chi connectivity index (χ0n) is 39.5. The van der Waals surface area contributed by atoms with Gasteiger partial charge in [-0.3, -0.25) is 0 Å². The van der Waals surface area contributed by atoms with E-state index in [0.717, 1.165) is 57.8 Å². The number of hydrogen-bond acceptors (Lipinski definition) is 6. The Labute approximate surface area is 358 Å². The SMILES string of the molecule is CCCCCCCCC(CCCCCC)COCCCCCCN(CCCCCCOCC(CCCCCC)CCCCCCCC)CCCOCCOCCO. The Morgan fingerprint density at radius 1 is 0.316 bits per heavy atom. The van der Waals surface area contributed by atoms with Gasteiger partial charge in [-0.1, -0.05) is 182 Å². The van der Waals surface area contributed by atoms with Gasteiger partial charge in [0.1, 0.15) is 0 Å². The van der Waals surface area contributed by atoms with Crippen molar-refractivity contribution in [2.24, 2.45) is 11.8 Å². The Bertz CT molecular complexity index is 663. The summed E-state index contributed by atoms with van der Waals surface area (Å²) in [4.78, 5) is 2.69. The lowest BCUT2D eigenvalue weighted by Gasteiger charge is -2.22. The monoisotopic (exact) mass is 812 g/mol. The van der Waals surface area contributed by atoms with E-state index in [1.54, 1.807) is 0 Å². The van der Waals surface area contributed by atoms with Crippen molar-refractivity contribution in [2.75, 3.05) is 79.1 Å². The van der Waals surface area contributed by atoms with Gasteiger partial charge in [0.2, 0.25) is 0 Å². The number of rotatable bonds is 51. The van der Waals surface area contributed by atoms with Gasteiger partial charge in [-0.05, 0) is 82.7 Å². The molecule has 0 aromatic heterocycles. The van der Waals surface area contributed by atoms with Crippen molar-refractivity contribution in [3.05, 3.63) is 0 Å². The molecule has 2 unspecified atom stereocenters. The molecule has 0 heterocycles. The number of nitrogens with zero attached hydrogens (tertiary/aromatic N) is 1. The summed E-state index contributed by atoms with van der Waals surface area (Å²) in [6.45, 7) is 19.0. The Morgan fingerprint density at radius 3 is 1.05 bits per heavy atom. The topological polar surface area (TPSA) is 60.4 Å². The zero-order chi connectivity index (χ0) is 41.4. The normalized spacial score (nSPS) is 12.9. The highest BCUT2D eigenvalue weighted by Crippen LogP contribution is 2.21. The molecule has 0 amide bonds. The van der Waals surface area contributed by atoms with Gasteiger partial charge in [-0.15, -0.1) is 0 Å². The van der Waals surface area contributed by atoms with Crippen molar-refractivity contribution in [3.8, 4) is 0 Å². The first-order valence-corrected chi connectivity index (χ1v) is 25.9. The second-order valence-corrected chi connectivity index (χ2v) is 17.7. The number of aliphatic hydroxyl groups is 1. The van der Waals surface area contributed by atoms with E-state index < -0.39 is 0 Å². The van der Waals surface area contributed by atoms with Gasteiger partial charge in [0.25, 0.3) is 0 Å². The molecule has 2 atom stereocenters. The van der Waals surface area contributed by atoms with Crippen molar-refractivity contribution in [2.45, 2.75) is 240 Å². The molecule has 0 radical (unpaired) electrons. The van der Waals surface area contributed by atoms with E-state index in [-0.39, 0.29) is 6.61 Å². The second-order valence-electron chi connectivity index (χ2n) is 17.7. The Morgan fingerprint density at radius 2 is 0.632 bits per heavy atom. The third kappa shape index (κ3) is 45.1. The van der Waals surface area contributed by atoms with Crippen LogP contribution in [-0.2, 0) is 18.9 Å². The van der Waals surface area contributed by atoms with Gasteiger partial charge < -0.3 is 29.0 Å². The van der Waals surface area contributed by atoms with Crippen LogP contribution >= 0.6 is 0 Å². The number of hydrogen-bond donors (Lipinski definition) is 1. The van der Waals surface area contributed by atoms with E-state index in [0.29, 0.717) is 19.8 Å². The van der Waals surface area contributed by atoms with Crippen LogP contribution < -0.4 is 0 Å². The minimum atomic E-state index is 0.0763. The van der Waals surface area contributed by atoms with Gasteiger partial charge in [0, 0.05) is 39.6 Å². The Hall–Kier alpha value is -0.240. The molecule has 0 fully saturated rings. The van der Waals surface area contributed by atoms with Crippen LogP contribution in [0.4, 0.5) is 0 Å². The molecule has 0 saturated carbocycles. The zero-order valence-corrected chi connectivity index (χ0v) is 39.5. The van der Waals surface area contributed by atoms with Crippen molar-refractivity contribution < 1.29 is 24.1 Å². The van der Waals surface area contributed by atoms with Crippen LogP contribution in [0.2, 0.25) is 0 Å². The molecule has 0 aliphatic heterocycles. The summed E-state index contributed by atoms with van der Waals surface area (Å²) >= 11 is 0. The summed E-state index contributed by atoms with van der Waals surface area (Å²) in [5.74, 6) is 1.53. The third-order valence-electron chi connectivity index (χ3n) is 12.0. The van der Waals surface area contributed by atoms with Crippen LogP contribution in [0, 0.1) is 11.8 Å². The van der Waals surface area contributed by atoms with Crippen molar-refractivity contribution in [1.82, 2.24) is 4.90 Å². The molecular weight excluding hydrogens is 707 g/mol. The van der Waals surface area contributed by atoms with E-state index in [1.165, 1.54) is 219 Å². The first kappa shape index (κ1) is 56.8. The summed E-state index contributed by atoms with van der Waals surface area (Å²) in [5, 5.41) is 8.89. The average molecular weight is 812 g/mol. The first-order chi connectivity index (χ1) is 28.2. The van der Waals surface area contributed by atoms with E-state index in [2.05, 4.69) is 32.6 Å². The summed E-state index contributed by atoms with van der Waals surface area (Å²) in [5.41, 5.74) is 0. The second kappa shape index (κ2) is 50.1. The lowest BCUT2D eigenvalue weighted by molar-refractivity contribution is 0.0305. The summed E-state index contributed by atoms with van der Waals surface area (Å²) in [6.07, 6.45) is 44.3. The van der Waals surface area contributed by atoms with E-state index in [1.807, 2.05) is 0 Å². The highest BCUT2D eigenvalue weighted by molar-refractivity contribution is 4.63. The van der Waals surface area contributed by atoms with Crippen LogP contribution in [0.15, 0.2) is 0 Å². The van der Waals surface area contributed by atoms with E-state index in [4.69, 9.17) is 24.1 Å². The highest BCUT2D eigenvalue weighted by Gasteiger charge is 2.11. The molecule has 1 N–H and O–H groups in total. The van der Waals surface area contributed by atoms with E-state index >= 15 is 0 Å². The fourth-order valence-corrected chi connectivity index (χ4v) is 8.17. The van der Waals surface area contributed by atoms with Gasteiger partial charge in [-0.25, -0.2) is 0 Å². The van der Waals surface area contributed by atoms with Crippen molar-refractivity contribution in [1.29, 1.82) is 0 Å². The molecule has 57 heavy (non-hydrogen) atoms. The molecule has 6 nitrogen and oxygen atoms in total. The van der Waals surface area contributed by atoms with Gasteiger partial charge in [0.15, 0.2) is 0 Å². The summed E-state index contributed by atoms with van der Waals surface area (Å²) in [7, 11) is 0. The van der Waals surface area contributed by atoms with Crippen LogP contribution in [0.25, 0.3) is 0 Å². The molecule has 0 spiro atoms. The first-order valence-electron chi connectivity index (χ1n) is 25.9. The molecule has 0 aliphatic rings. The maximum absolute atomic E-state index is 8.89. The van der Waals surface area contributed by atoms with Crippen LogP contribution in [0.3, 0.4) is 0 Å². The molecule has 0 aromatic rings. The van der Waals surface area contributed by atoms with Crippen molar-refractivity contribution >= 4 is 0 Å². The average Bonchev–Trinajstić information content (AvgIpc) is 3.22. The van der Waals surface area contributed by atoms with Gasteiger partial charge in [-0.2, -0.15) is 0 Å². The highest BCUT2D eigenvalue weighted by atomic mass is 16.5. The minimum absolute atomic E-state index is 0.0763. The fourth-order valence-electron chi connectivity index (χ4n) is 8.17. The van der Waals surface area contributed by atoms with Gasteiger partial charge in [0.05, 0.1) is 26.4 Å². The molecule has 0 aromatic carbocycles. The number of unbranched alkanes of at least 4 members (excludes halogenated alkanes) is 22. The number of ether oxygens (including phenoxy) is 4. The smallest absolute Gasteiger partial charge is 0.0701 e. The molecule has 0 bridgehead atoms. The predicted molar refractivity (Wildman–Crippen MR) is 249 cm³/mol. The summed E-state index contributed by atoms with van der Waals surface area (Å²) < 4.78 is 23.7. The van der Waals surface area contributed by atoms with Crippen LogP contribution in [-0.4, -0.2) is 89.1 Å². The molecule has 0 rings (SSSR count). The quantitative estimate of drug-likeness (QED) is 0.0618. The van der Waals surface area contributed by atoms with Gasteiger partial charge >= 0.3 is 0 Å². The third-order valence-corrected chi connectivity index (χ3v) is 12.0. The summed E-state index contributed by atoms with van der Waals surface area (Å²) in [6, 6.07) is 0. The largest absolute Gasteiger partial charge is 0.394 e. The predicted octanol–water partition coefficient (Wildman–Crippen LogP) is 14.5. The number of aliphatic hydroxyl groups excluding tert-OH is 1. The maximum atomic E-state index is 8.89. The maximum Gasteiger partial charge on any atom is 0.0701 e. The lowest BCUT2D eigenvalue weighted by atomic mass is 9.95. The Balaban J connectivity index is 4.42. The van der Waals surface area contributed by atoms with E-state index in [9.17, 15) is 0 Å². The molecule has 0 saturated heterocycles. The Kier molecular flexibility index (Phi) is 49.9. The molecular formula is C51H105NO5. The van der Waals surface area contributed by atoms with Crippen LogP contribution in [0.1, 0.15) is 240 Å². The minimum Gasteiger partial charge on any atom is -0.394 e. The molecule has 6 heteroatoms. The lowest BCUT2D eigenvalue weighted by Crippen LogP contribution is -2.28. The van der Waals surface area contributed by atoms with Crippen LogP contribution in [0.5, 0.6) is 0 Å².